The van der Waals surface area contributed by atoms with E-state index >= 15 is 0 Å². The van der Waals surface area contributed by atoms with Gasteiger partial charge in [-0.1, -0.05) is 36.4 Å². The van der Waals surface area contributed by atoms with Crippen molar-refractivity contribution < 1.29 is 35.8 Å². The molecule has 0 spiro atoms. The lowest BCUT2D eigenvalue weighted by molar-refractivity contribution is -0.253. The quantitative estimate of drug-likeness (QED) is 0.357. The molecule has 0 heterocycles. The van der Waals surface area contributed by atoms with Gasteiger partial charge in [-0.2, -0.15) is 17.6 Å². The molecule has 9 heteroatoms. The lowest BCUT2D eigenvalue weighted by Crippen LogP contribution is -2.41. The monoisotopic (exact) mass is 483 g/mol. The van der Waals surface area contributed by atoms with Crippen molar-refractivity contribution in [2.45, 2.75) is 44.4 Å². The third-order valence-corrected chi connectivity index (χ3v) is 5.03. The van der Waals surface area contributed by atoms with Crippen molar-refractivity contribution in [1.29, 1.82) is 0 Å². The minimum Gasteiger partial charge on any atom is -0.488 e. The number of halogens is 6. The van der Waals surface area contributed by atoms with Gasteiger partial charge in [0, 0.05) is 6.07 Å². The number of alkyl halides is 4. The van der Waals surface area contributed by atoms with Gasteiger partial charge in [0.2, 0.25) is 0 Å². The Kier molecular flexibility index (Phi) is 7.45. The van der Waals surface area contributed by atoms with Gasteiger partial charge in [0.1, 0.15) is 11.6 Å². The minimum absolute atomic E-state index is 0.00575. The largest absolute Gasteiger partial charge is 0.488 e. The van der Waals surface area contributed by atoms with Crippen LogP contribution >= 0.6 is 0 Å². The van der Waals surface area contributed by atoms with Crippen LogP contribution in [0.4, 0.5) is 26.3 Å². The molecule has 0 aliphatic heterocycles. The molecule has 34 heavy (non-hydrogen) atoms. The lowest BCUT2D eigenvalue weighted by Gasteiger charge is -2.32. The van der Waals surface area contributed by atoms with Crippen molar-refractivity contribution >= 4 is 0 Å². The summed E-state index contributed by atoms with van der Waals surface area (Å²) < 4.78 is 90.9. The Balaban J connectivity index is 2.13. The van der Waals surface area contributed by atoms with E-state index in [9.17, 15) is 26.3 Å². The van der Waals surface area contributed by atoms with E-state index < -0.39 is 35.5 Å². The molecule has 2 N–H and O–H groups in total. The molecule has 0 aliphatic carbocycles. The van der Waals surface area contributed by atoms with Crippen LogP contribution in [-0.4, -0.2) is 18.6 Å². The molecule has 182 valence electrons. The van der Waals surface area contributed by atoms with E-state index in [1.807, 2.05) is 0 Å². The Bertz CT molecular complexity index is 1120. The zero-order valence-electron chi connectivity index (χ0n) is 18.4. The smallest absolute Gasteiger partial charge is 0.461 e. The zero-order chi connectivity index (χ0) is 25.1. The van der Waals surface area contributed by atoms with E-state index in [0.717, 1.165) is 18.2 Å². The van der Waals surface area contributed by atoms with Crippen molar-refractivity contribution in [1.82, 2.24) is 0 Å². The van der Waals surface area contributed by atoms with Crippen molar-refractivity contribution in [3.8, 4) is 11.5 Å². The van der Waals surface area contributed by atoms with Crippen LogP contribution in [0.1, 0.15) is 30.5 Å². The summed E-state index contributed by atoms with van der Waals surface area (Å²) in [5.74, 6) is -2.64. The maximum absolute atomic E-state index is 14.8. The number of rotatable bonds is 9. The molecule has 1 atom stereocenters. The van der Waals surface area contributed by atoms with Gasteiger partial charge in [-0.3, -0.25) is 0 Å². The maximum atomic E-state index is 14.8. The molecule has 0 saturated carbocycles. The summed E-state index contributed by atoms with van der Waals surface area (Å²) in [5, 5.41) is 0. The first-order valence-electron chi connectivity index (χ1n) is 10.4. The van der Waals surface area contributed by atoms with E-state index in [1.54, 1.807) is 44.2 Å². The lowest BCUT2D eigenvalue weighted by atomic mass is 9.78. The molecule has 3 aromatic carbocycles. The first kappa shape index (κ1) is 25.4. The second-order valence-corrected chi connectivity index (χ2v) is 8.09. The summed E-state index contributed by atoms with van der Waals surface area (Å²) in [5.41, 5.74) is 5.83. The SMILES string of the molecule is CC(C)Oc1ccc([C@@](N)(Cc2ccccc2)c2cc(F)cc(OC(F)(F)C(F)F)c2)cc1F. The standard InChI is InChI=1S/C25H23F6NO2/c1-15(2)33-22-9-8-17(12-21(22)27)24(32,14-16-6-4-3-5-7-16)18-10-19(26)13-20(11-18)34-25(30,31)23(28)29/h3-13,15,23H,14,32H2,1-2H3/t24-/m0/s1. The van der Waals surface area contributed by atoms with Crippen LogP contribution in [0.2, 0.25) is 0 Å². The summed E-state index contributed by atoms with van der Waals surface area (Å²) in [4.78, 5) is 0. The number of hydrogen-bond acceptors (Lipinski definition) is 3. The number of ether oxygens (including phenoxy) is 2. The molecular weight excluding hydrogens is 460 g/mol. The van der Waals surface area contributed by atoms with Crippen molar-refractivity contribution in [3.05, 3.63) is 95.1 Å². The Morgan fingerprint density at radius 1 is 0.882 bits per heavy atom. The average molecular weight is 483 g/mol. The van der Waals surface area contributed by atoms with Crippen molar-refractivity contribution in [2.75, 3.05) is 0 Å². The molecule has 0 bridgehead atoms. The van der Waals surface area contributed by atoms with Crippen molar-refractivity contribution in [2.24, 2.45) is 5.73 Å². The molecule has 0 radical (unpaired) electrons. The van der Waals surface area contributed by atoms with E-state index in [2.05, 4.69) is 4.74 Å². The first-order valence-corrected chi connectivity index (χ1v) is 10.4. The average Bonchev–Trinajstić information content (AvgIpc) is 2.74. The van der Waals surface area contributed by atoms with Crippen LogP contribution in [-0.2, 0) is 12.0 Å². The zero-order valence-corrected chi connectivity index (χ0v) is 18.4. The second-order valence-electron chi connectivity index (χ2n) is 8.09. The van der Waals surface area contributed by atoms with Crippen LogP contribution in [0.5, 0.6) is 11.5 Å². The maximum Gasteiger partial charge on any atom is 0.461 e. The molecule has 0 aliphatic rings. The number of hydrogen-bond donors (Lipinski definition) is 1. The number of nitrogens with two attached hydrogens (primary N) is 1. The van der Waals surface area contributed by atoms with Crippen LogP contribution in [0.3, 0.4) is 0 Å². The third kappa shape index (κ3) is 5.83. The Morgan fingerprint density at radius 3 is 2.15 bits per heavy atom. The fourth-order valence-electron chi connectivity index (χ4n) is 3.50. The van der Waals surface area contributed by atoms with E-state index in [-0.39, 0.29) is 29.4 Å². The third-order valence-electron chi connectivity index (χ3n) is 5.03. The molecule has 3 nitrogen and oxygen atoms in total. The Morgan fingerprint density at radius 2 is 1.56 bits per heavy atom. The van der Waals surface area contributed by atoms with Crippen LogP contribution in [0.25, 0.3) is 0 Å². The van der Waals surface area contributed by atoms with Gasteiger partial charge in [0.25, 0.3) is 0 Å². The molecule has 0 aromatic heterocycles. The predicted molar refractivity (Wildman–Crippen MR) is 115 cm³/mol. The summed E-state index contributed by atoms with van der Waals surface area (Å²) in [6.45, 7) is 3.44. The summed E-state index contributed by atoms with van der Waals surface area (Å²) in [6.07, 6.45) is -9.27. The molecule has 3 rings (SSSR count). The van der Waals surface area contributed by atoms with Gasteiger partial charge in [-0.05, 0) is 61.2 Å². The molecule has 0 amide bonds. The van der Waals surface area contributed by atoms with E-state index in [4.69, 9.17) is 10.5 Å². The predicted octanol–water partition coefficient (Wildman–Crippen LogP) is 6.43. The van der Waals surface area contributed by atoms with Gasteiger partial charge in [0.15, 0.2) is 11.6 Å². The van der Waals surface area contributed by atoms with Gasteiger partial charge in [0.05, 0.1) is 11.6 Å². The fraction of sp³-hybridized carbons (Fsp3) is 0.280. The first-order chi connectivity index (χ1) is 15.9. The van der Waals surface area contributed by atoms with Gasteiger partial charge in [-0.25, -0.2) is 8.78 Å². The highest BCUT2D eigenvalue weighted by atomic mass is 19.3. The van der Waals surface area contributed by atoms with Gasteiger partial charge < -0.3 is 15.2 Å². The van der Waals surface area contributed by atoms with E-state index in [1.165, 1.54) is 12.1 Å². The van der Waals surface area contributed by atoms with E-state index in [0.29, 0.717) is 11.6 Å². The molecule has 3 aromatic rings. The summed E-state index contributed by atoms with van der Waals surface area (Å²) in [6, 6.07) is 15.1. The van der Waals surface area contributed by atoms with Gasteiger partial charge in [-0.15, -0.1) is 0 Å². The minimum atomic E-state index is -4.84. The van der Waals surface area contributed by atoms with Crippen LogP contribution in [0.15, 0.2) is 66.7 Å². The Labute approximate surface area is 193 Å². The fourth-order valence-corrected chi connectivity index (χ4v) is 3.50. The van der Waals surface area contributed by atoms with Crippen LogP contribution in [0, 0.1) is 11.6 Å². The van der Waals surface area contributed by atoms with Crippen LogP contribution < -0.4 is 15.2 Å². The Hall–Kier alpha value is -3.20. The summed E-state index contributed by atoms with van der Waals surface area (Å²) in [7, 11) is 0. The molecular formula is C25H23F6NO2. The molecule has 0 unspecified atom stereocenters. The second kappa shape index (κ2) is 9.97. The summed E-state index contributed by atoms with van der Waals surface area (Å²) >= 11 is 0. The highest BCUT2D eigenvalue weighted by molar-refractivity contribution is 5.45. The molecule has 0 fully saturated rings. The van der Waals surface area contributed by atoms with Gasteiger partial charge >= 0.3 is 12.5 Å². The highest BCUT2D eigenvalue weighted by Crippen LogP contribution is 2.37. The number of benzene rings is 3. The topological polar surface area (TPSA) is 44.5 Å². The normalized spacial score (nSPS) is 13.7. The van der Waals surface area contributed by atoms with Crippen molar-refractivity contribution in [3.63, 3.8) is 0 Å². The molecule has 0 saturated heterocycles. The highest BCUT2D eigenvalue weighted by Gasteiger charge is 2.44.